The van der Waals surface area contributed by atoms with Crippen molar-refractivity contribution in [2.24, 2.45) is 5.92 Å². The van der Waals surface area contributed by atoms with Crippen LogP contribution in [-0.4, -0.2) is 36.6 Å². The van der Waals surface area contributed by atoms with E-state index in [4.69, 9.17) is 0 Å². The molecule has 16 heavy (non-hydrogen) atoms. The summed E-state index contributed by atoms with van der Waals surface area (Å²) in [4.78, 5) is 2.64. The molecule has 0 amide bonds. The molecule has 0 radical (unpaired) electrons. The van der Waals surface area contributed by atoms with Gasteiger partial charge in [-0.3, -0.25) is 0 Å². The molecule has 2 nitrogen and oxygen atoms in total. The minimum atomic E-state index is 0.805. The van der Waals surface area contributed by atoms with Crippen molar-refractivity contribution in [3.63, 3.8) is 0 Å². The Bertz CT molecular complexity index is 199. The van der Waals surface area contributed by atoms with Gasteiger partial charge in [0.2, 0.25) is 0 Å². The number of rotatable bonds is 4. The van der Waals surface area contributed by atoms with Gasteiger partial charge in [0.15, 0.2) is 0 Å². The zero-order valence-corrected chi connectivity index (χ0v) is 11.0. The number of likely N-dealkylation sites (tertiary alicyclic amines) is 1. The molecule has 0 aromatic heterocycles. The molecule has 94 valence electrons. The van der Waals surface area contributed by atoms with Gasteiger partial charge < -0.3 is 10.2 Å². The van der Waals surface area contributed by atoms with Crippen LogP contribution in [0.4, 0.5) is 0 Å². The zero-order chi connectivity index (χ0) is 11.4. The van der Waals surface area contributed by atoms with Gasteiger partial charge in [0, 0.05) is 12.1 Å². The fraction of sp³-hybridized carbons (Fsp3) is 1.00. The lowest BCUT2D eigenvalue weighted by molar-refractivity contribution is 0.213. The second-order valence-corrected chi connectivity index (χ2v) is 5.91. The van der Waals surface area contributed by atoms with Gasteiger partial charge in [-0.05, 0) is 64.1 Å². The molecule has 2 heteroatoms. The van der Waals surface area contributed by atoms with Gasteiger partial charge in [-0.25, -0.2) is 0 Å². The van der Waals surface area contributed by atoms with Gasteiger partial charge in [-0.15, -0.1) is 0 Å². The maximum absolute atomic E-state index is 3.86. The first-order valence-corrected chi connectivity index (χ1v) is 7.26. The fourth-order valence-electron chi connectivity index (χ4n) is 3.23. The normalized spacial score (nSPS) is 36.8. The summed E-state index contributed by atoms with van der Waals surface area (Å²) in [6.45, 7) is 8.60. The average Bonchev–Trinajstić information content (AvgIpc) is 2.43. The van der Waals surface area contributed by atoms with E-state index in [1.54, 1.807) is 0 Å². The smallest absolute Gasteiger partial charge is 0.00823 e. The van der Waals surface area contributed by atoms with Crippen molar-refractivity contribution in [1.29, 1.82) is 0 Å². The van der Waals surface area contributed by atoms with Gasteiger partial charge in [0.05, 0.1) is 0 Å². The maximum atomic E-state index is 3.86. The molecule has 1 atom stereocenters. The molecule has 0 aromatic rings. The quantitative estimate of drug-likeness (QED) is 0.790. The van der Waals surface area contributed by atoms with Crippen LogP contribution in [0.2, 0.25) is 0 Å². The number of nitrogens with zero attached hydrogens (tertiary/aromatic N) is 1. The van der Waals surface area contributed by atoms with Crippen LogP contribution in [0, 0.1) is 5.92 Å². The largest absolute Gasteiger partial charge is 0.311 e. The van der Waals surface area contributed by atoms with Gasteiger partial charge in [-0.2, -0.15) is 0 Å². The molecule has 1 aliphatic heterocycles. The van der Waals surface area contributed by atoms with Crippen LogP contribution >= 0.6 is 0 Å². The molecule has 1 saturated heterocycles. The Hall–Kier alpha value is -0.0800. The van der Waals surface area contributed by atoms with E-state index in [9.17, 15) is 0 Å². The first kappa shape index (κ1) is 12.4. The molecule has 1 saturated carbocycles. The summed E-state index contributed by atoms with van der Waals surface area (Å²) in [7, 11) is 0. The van der Waals surface area contributed by atoms with E-state index in [0.29, 0.717) is 0 Å². The molecule has 1 heterocycles. The highest BCUT2D eigenvalue weighted by Crippen LogP contribution is 2.27. The highest BCUT2D eigenvalue weighted by atomic mass is 15.1. The van der Waals surface area contributed by atoms with Crippen molar-refractivity contribution >= 4 is 0 Å². The van der Waals surface area contributed by atoms with Crippen molar-refractivity contribution < 1.29 is 0 Å². The van der Waals surface area contributed by atoms with Crippen molar-refractivity contribution in [3.05, 3.63) is 0 Å². The van der Waals surface area contributed by atoms with Gasteiger partial charge in [-0.1, -0.05) is 13.8 Å². The van der Waals surface area contributed by atoms with Gasteiger partial charge >= 0.3 is 0 Å². The van der Waals surface area contributed by atoms with Crippen LogP contribution in [-0.2, 0) is 0 Å². The van der Waals surface area contributed by atoms with Crippen LogP contribution in [0.5, 0.6) is 0 Å². The summed E-state index contributed by atoms with van der Waals surface area (Å²) in [6.07, 6.45) is 8.28. The van der Waals surface area contributed by atoms with E-state index in [-0.39, 0.29) is 0 Å². The maximum Gasteiger partial charge on any atom is 0.00823 e. The molecule has 1 aliphatic carbocycles. The molecular formula is C14H28N2. The lowest BCUT2D eigenvalue weighted by Gasteiger charge is -2.36. The topological polar surface area (TPSA) is 15.3 Å². The zero-order valence-electron chi connectivity index (χ0n) is 11.0. The first-order chi connectivity index (χ1) is 7.78. The van der Waals surface area contributed by atoms with Gasteiger partial charge in [0.25, 0.3) is 0 Å². The fourth-order valence-corrected chi connectivity index (χ4v) is 3.23. The second kappa shape index (κ2) is 6.02. The Balaban J connectivity index is 1.67. The molecule has 2 aliphatic rings. The summed E-state index contributed by atoms with van der Waals surface area (Å²) < 4.78 is 0. The van der Waals surface area contributed by atoms with Crippen LogP contribution in [0.25, 0.3) is 0 Å². The van der Waals surface area contributed by atoms with E-state index >= 15 is 0 Å². The van der Waals surface area contributed by atoms with Crippen LogP contribution < -0.4 is 5.32 Å². The molecule has 1 unspecified atom stereocenters. The van der Waals surface area contributed by atoms with Crippen LogP contribution in [0.1, 0.15) is 52.4 Å². The lowest BCUT2D eigenvalue weighted by Crippen LogP contribution is -2.45. The minimum absolute atomic E-state index is 0.805. The average molecular weight is 224 g/mol. The Labute approximate surface area is 101 Å². The minimum Gasteiger partial charge on any atom is -0.311 e. The Morgan fingerprint density at radius 1 is 1.12 bits per heavy atom. The lowest BCUT2D eigenvalue weighted by atomic mass is 9.81. The number of hydrogen-bond donors (Lipinski definition) is 1. The van der Waals surface area contributed by atoms with Gasteiger partial charge in [0.1, 0.15) is 0 Å². The highest BCUT2D eigenvalue weighted by Gasteiger charge is 2.27. The van der Waals surface area contributed by atoms with E-state index in [2.05, 4.69) is 24.1 Å². The SMILES string of the molecule is CCCN1CCCC(NC2CC(C)C2)CC1. The molecule has 2 rings (SSSR count). The Kier molecular flexibility index (Phi) is 4.66. The third-order valence-electron chi connectivity index (χ3n) is 4.21. The first-order valence-electron chi connectivity index (χ1n) is 7.26. The number of nitrogens with one attached hydrogen (secondary N) is 1. The summed E-state index contributed by atoms with van der Waals surface area (Å²) in [6, 6.07) is 1.65. The van der Waals surface area contributed by atoms with Crippen molar-refractivity contribution in [3.8, 4) is 0 Å². The van der Waals surface area contributed by atoms with E-state index < -0.39 is 0 Å². The molecule has 2 fully saturated rings. The molecule has 1 N–H and O–H groups in total. The molecule has 0 aromatic carbocycles. The van der Waals surface area contributed by atoms with E-state index in [1.807, 2.05) is 0 Å². The summed E-state index contributed by atoms with van der Waals surface area (Å²) in [5, 5.41) is 3.86. The highest BCUT2D eigenvalue weighted by molar-refractivity contribution is 4.86. The monoisotopic (exact) mass is 224 g/mol. The Morgan fingerprint density at radius 2 is 1.94 bits per heavy atom. The predicted octanol–water partition coefficient (Wildman–Crippen LogP) is 2.64. The summed E-state index contributed by atoms with van der Waals surface area (Å²) >= 11 is 0. The van der Waals surface area contributed by atoms with Crippen LogP contribution in [0.15, 0.2) is 0 Å². The standard InChI is InChI=1S/C14H28N2/c1-3-7-16-8-4-5-13(6-9-16)15-14-10-12(2)11-14/h12-15H,3-11H2,1-2H3. The predicted molar refractivity (Wildman–Crippen MR) is 69.7 cm³/mol. The van der Waals surface area contributed by atoms with Crippen LogP contribution in [0.3, 0.4) is 0 Å². The number of hydrogen-bond acceptors (Lipinski definition) is 2. The summed E-state index contributed by atoms with van der Waals surface area (Å²) in [5.41, 5.74) is 0. The second-order valence-electron chi connectivity index (χ2n) is 5.91. The van der Waals surface area contributed by atoms with E-state index in [0.717, 1.165) is 18.0 Å². The van der Waals surface area contributed by atoms with E-state index in [1.165, 1.54) is 58.2 Å². The molecule has 0 bridgehead atoms. The molecule has 0 spiro atoms. The van der Waals surface area contributed by atoms with Crippen molar-refractivity contribution in [2.45, 2.75) is 64.5 Å². The summed E-state index contributed by atoms with van der Waals surface area (Å²) in [5.74, 6) is 0.972. The molecular weight excluding hydrogens is 196 g/mol. The van der Waals surface area contributed by atoms with Crippen molar-refractivity contribution in [2.75, 3.05) is 19.6 Å². The van der Waals surface area contributed by atoms with Crippen molar-refractivity contribution in [1.82, 2.24) is 10.2 Å². The Morgan fingerprint density at radius 3 is 2.62 bits per heavy atom. The third kappa shape index (κ3) is 3.46. The third-order valence-corrected chi connectivity index (χ3v) is 4.21.